The molecule has 0 atom stereocenters. The number of halogens is 1. The maximum Gasteiger partial charge on any atom is 0.255 e. The molecule has 1 rings (SSSR count). The number of ether oxygens (including phenoxy) is 1. The molecule has 19 heavy (non-hydrogen) atoms. The first-order valence-electron chi connectivity index (χ1n) is 6.54. The lowest BCUT2D eigenvalue weighted by Crippen LogP contribution is -2.15. The molecular weight excluding hydrogens is 245 g/mol. The van der Waals surface area contributed by atoms with Crippen LogP contribution in [0.15, 0.2) is 12.3 Å². The van der Waals surface area contributed by atoms with E-state index in [0.29, 0.717) is 6.61 Å². The molecule has 3 nitrogen and oxygen atoms in total. The van der Waals surface area contributed by atoms with E-state index >= 15 is 0 Å². The summed E-state index contributed by atoms with van der Waals surface area (Å²) in [6, 6.07) is 1.51. The zero-order valence-corrected chi connectivity index (χ0v) is 12.3. The van der Waals surface area contributed by atoms with Crippen LogP contribution in [0.2, 0.25) is 0 Å². The van der Waals surface area contributed by atoms with Gasteiger partial charge in [0.15, 0.2) is 11.5 Å². The fourth-order valence-electron chi connectivity index (χ4n) is 1.52. The molecule has 0 unspecified atom stereocenters. The van der Waals surface area contributed by atoms with Crippen molar-refractivity contribution in [2.24, 2.45) is 11.3 Å². The lowest BCUT2D eigenvalue weighted by molar-refractivity contribution is 0.0933. The molecule has 0 radical (unpaired) electrons. The van der Waals surface area contributed by atoms with Crippen LogP contribution < -0.4 is 4.74 Å². The molecule has 0 spiro atoms. The molecule has 0 fully saturated rings. The molecule has 4 heteroatoms. The topological polar surface area (TPSA) is 39.2 Å². The number of rotatable bonds is 5. The van der Waals surface area contributed by atoms with Gasteiger partial charge in [-0.25, -0.2) is 4.98 Å². The maximum atomic E-state index is 13.7. The highest BCUT2D eigenvalue weighted by Crippen LogP contribution is 2.25. The third-order valence-electron chi connectivity index (χ3n) is 2.75. The fourth-order valence-corrected chi connectivity index (χ4v) is 1.52. The number of ketones is 1. The molecule has 0 saturated carbocycles. The van der Waals surface area contributed by atoms with E-state index in [4.69, 9.17) is 4.74 Å². The molecule has 0 saturated heterocycles. The lowest BCUT2D eigenvalue weighted by atomic mass is 9.93. The van der Waals surface area contributed by atoms with E-state index in [1.54, 1.807) is 13.8 Å². The number of carbonyl (C=O) groups is 1. The minimum absolute atomic E-state index is 0.0227. The van der Waals surface area contributed by atoms with E-state index in [9.17, 15) is 9.18 Å². The molecule has 0 aromatic carbocycles. The van der Waals surface area contributed by atoms with Gasteiger partial charge in [-0.15, -0.1) is 0 Å². The molecule has 1 aromatic rings. The Morgan fingerprint density at radius 2 is 2.05 bits per heavy atom. The van der Waals surface area contributed by atoms with Gasteiger partial charge in [-0.1, -0.05) is 34.6 Å². The number of hydrogen-bond acceptors (Lipinski definition) is 3. The summed E-state index contributed by atoms with van der Waals surface area (Å²) in [6.07, 6.45) is 2.07. The van der Waals surface area contributed by atoms with Crippen molar-refractivity contribution >= 4 is 5.78 Å². The van der Waals surface area contributed by atoms with Gasteiger partial charge in [-0.05, 0) is 17.9 Å². The highest BCUT2D eigenvalue weighted by molar-refractivity contribution is 5.99. The van der Waals surface area contributed by atoms with Gasteiger partial charge in [-0.2, -0.15) is 4.39 Å². The largest absolute Gasteiger partial charge is 0.488 e. The summed E-state index contributed by atoms with van der Waals surface area (Å²) < 4.78 is 19.2. The van der Waals surface area contributed by atoms with E-state index in [1.165, 1.54) is 12.3 Å². The van der Waals surface area contributed by atoms with Gasteiger partial charge >= 0.3 is 0 Å². The Labute approximate surface area is 114 Å². The van der Waals surface area contributed by atoms with Gasteiger partial charge < -0.3 is 4.74 Å². The Bertz CT molecular complexity index is 450. The van der Waals surface area contributed by atoms with Crippen LogP contribution in [-0.2, 0) is 0 Å². The van der Waals surface area contributed by atoms with Crippen molar-refractivity contribution in [3.05, 3.63) is 23.8 Å². The highest BCUT2D eigenvalue weighted by atomic mass is 19.1. The van der Waals surface area contributed by atoms with E-state index in [0.717, 1.165) is 6.42 Å². The Morgan fingerprint density at radius 3 is 2.58 bits per heavy atom. The fraction of sp³-hybridized carbons (Fsp3) is 0.600. The molecule has 1 aromatic heterocycles. The van der Waals surface area contributed by atoms with Crippen LogP contribution in [0, 0.1) is 17.3 Å². The van der Waals surface area contributed by atoms with Crippen LogP contribution in [0.1, 0.15) is 51.4 Å². The standard InChI is InChI=1S/C15H22FNO2/c1-10(2)12(18)11-6-8-17-14(16)13(11)19-9-7-15(3,4)5/h6,8,10H,7,9H2,1-5H3. The first-order chi connectivity index (χ1) is 8.72. The molecule has 0 amide bonds. The third kappa shape index (κ3) is 4.62. The number of hydrogen-bond donors (Lipinski definition) is 0. The summed E-state index contributed by atoms with van der Waals surface area (Å²) in [7, 11) is 0. The SMILES string of the molecule is CC(C)C(=O)c1ccnc(F)c1OCCC(C)(C)C. The number of Topliss-reactive ketones (excluding diaryl/α,β-unsaturated/α-hetero) is 1. The van der Waals surface area contributed by atoms with Crippen LogP contribution in [0.5, 0.6) is 5.75 Å². The van der Waals surface area contributed by atoms with E-state index < -0.39 is 5.95 Å². The Balaban J connectivity index is 2.90. The maximum absolute atomic E-state index is 13.7. The van der Waals surface area contributed by atoms with Crippen LogP contribution >= 0.6 is 0 Å². The molecule has 0 N–H and O–H groups in total. The second-order valence-corrected chi connectivity index (χ2v) is 6.16. The number of pyridine rings is 1. The zero-order chi connectivity index (χ0) is 14.6. The number of nitrogens with zero attached hydrogens (tertiary/aromatic N) is 1. The zero-order valence-electron chi connectivity index (χ0n) is 12.3. The van der Waals surface area contributed by atoms with Gasteiger partial charge in [0.2, 0.25) is 0 Å². The first kappa shape index (κ1) is 15.6. The van der Waals surface area contributed by atoms with Gasteiger partial charge in [0, 0.05) is 12.1 Å². The summed E-state index contributed by atoms with van der Waals surface area (Å²) in [6.45, 7) is 10.2. The van der Waals surface area contributed by atoms with Crippen molar-refractivity contribution in [1.82, 2.24) is 4.98 Å². The van der Waals surface area contributed by atoms with E-state index in [1.807, 2.05) is 0 Å². The second-order valence-electron chi connectivity index (χ2n) is 6.16. The van der Waals surface area contributed by atoms with Gasteiger partial charge in [-0.3, -0.25) is 4.79 Å². The first-order valence-corrected chi connectivity index (χ1v) is 6.54. The Kier molecular flexibility index (Phi) is 5.04. The number of carbonyl (C=O) groups excluding carboxylic acids is 1. The summed E-state index contributed by atoms with van der Waals surface area (Å²) in [5, 5.41) is 0. The molecule has 0 aliphatic rings. The van der Waals surface area contributed by atoms with E-state index in [-0.39, 0.29) is 28.4 Å². The third-order valence-corrected chi connectivity index (χ3v) is 2.75. The lowest BCUT2D eigenvalue weighted by Gasteiger charge is -2.19. The van der Waals surface area contributed by atoms with Gasteiger partial charge in [0.1, 0.15) is 0 Å². The van der Waals surface area contributed by atoms with Gasteiger partial charge in [0.05, 0.1) is 12.2 Å². The summed E-state index contributed by atoms with van der Waals surface area (Å²) in [5.74, 6) is -1.08. The van der Waals surface area contributed by atoms with E-state index in [2.05, 4.69) is 25.8 Å². The Morgan fingerprint density at radius 1 is 1.42 bits per heavy atom. The molecular formula is C15H22FNO2. The van der Waals surface area contributed by atoms with Crippen LogP contribution in [-0.4, -0.2) is 17.4 Å². The summed E-state index contributed by atoms with van der Waals surface area (Å²) in [5.41, 5.74) is 0.373. The van der Waals surface area contributed by atoms with Crippen molar-refractivity contribution in [1.29, 1.82) is 0 Å². The molecule has 106 valence electrons. The predicted molar refractivity (Wildman–Crippen MR) is 72.9 cm³/mol. The summed E-state index contributed by atoms with van der Waals surface area (Å²) >= 11 is 0. The average Bonchev–Trinajstić information content (AvgIpc) is 2.28. The summed E-state index contributed by atoms with van der Waals surface area (Å²) in [4.78, 5) is 15.6. The normalized spacial score (nSPS) is 11.7. The minimum atomic E-state index is -0.722. The molecule has 0 aliphatic carbocycles. The second kappa shape index (κ2) is 6.13. The monoisotopic (exact) mass is 267 g/mol. The van der Waals surface area contributed by atoms with Crippen molar-refractivity contribution < 1.29 is 13.9 Å². The van der Waals surface area contributed by atoms with Crippen molar-refractivity contribution in [3.8, 4) is 5.75 Å². The Hall–Kier alpha value is -1.45. The van der Waals surface area contributed by atoms with Gasteiger partial charge in [0.25, 0.3) is 5.95 Å². The smallest absolute Gasteiger partial charge is 0.255 e. The van der Waals surface area contributed by atoms with Crippen molar-refractivity contribution in [2.75, 3.05) is 6.61 Å². The van der Waals surface area contributed by atoms with Crippen molar-refractivity contribution in [2.45, 2.75) is 41.0 Å². The van der Waals surface area contributed by atoms with Crippen LogP contribution in [0.25, 0.3) is 0 Å². The number of aromatic nitrogens is 1. The van der Waals surface area contributed by atoms with Crippen LogP contribution in [0.3, 0.4) is 0 Å². The molecule has 1 heterocycles. The van der Waals surface area contributed by atoms with Crippen molar-refractivity contribution in [3.63, 3.8) is 0 Å². The molecule has 0 bridgehead atoms. The predicted octanol–water partition coefficient (Wildman–Crippen LogP) is 3.87. The average molecular weight is 267 g/mol. The quantitative estimate of drug-likeness (QED) is 0.600. The molecule has 0 aliphatic heterocycles. The van der Waals surface area contributed by atoms with Crippen LogP contribution in [0.4, 0.5) is 4.39 Å². The minimum Gasteiger partial charge on any atom is -0.488 e. The highest BCUT2D eigenvalue weighted by Gasteiger charge is 2.20.